The van der Waals surface area contributed by atoms with Gasteiger partial charge in [-0.2, -0.15) is 5.10 Å². The highest BCUT2D eigenvalue weighted by Crippen LogP contribution is 2.38. The molecular weight excluding hydrogens is 372 g/mol. The SMILES string of the molecule is CCOC(=O)[C@@H](Sc1ncnc2c1cnn2-c1ccccc1)c1ccccc1. The van der Waals surface area contributed by atoms with Crippen LogP contribution in [0, 0.1) is 0 Å². The van der Waals surface area contributed by atoms with Crippen LogP contribution in [-0.2, 0) is 9.53 Å². The molecule has 7 heteroatoms. The number of hydrogen-bond donors (Lipinski definition) is 0. The molecule has 1 atom stereocenters. The fourth-order valence-corrected chi connectivity index (χ4v) is 3.94. The molecule has 140 valence electrons. The summed E-state index contributed by atoms with van der Waals surface area (Å²) in [4.78, 5) is 21.4. The first-order valence-electron chi connectivity index (χ1n) is 8.90. The first-order chi connectivity index (χ1) is 13.8. The van der Waals surface area contributed by atoms with E-state index in [0.29, 0.717) is 17.3 Å². The van der Waals surface area contributed by atoms with Crippen molar-refractivity contribution >= 4 is 28.8 Å². The minimum absolute atomic E-state index is 0.291. The summed E-state index contributed by atoms with van der Waals surface area (Å²) in [6.07, 6.45) is 3.23. The lowest BCUT2D eigenvalue weighted by Gasteiger charge is -2.15. The van der Waals surface area contributed by atoms with Gasteiger partial charge in [-0.15, -0.1) is 0 Å². The van der Waals surface area contributed by atoms with E-state index in [1.54, 1.807) is 17.8 Å². The molecule has 0 unspecified atom stereocenters. The highest BCUT2D eigenvalue weighted by Gasteiger charge is 2.25. The number of aromatic nitrogens is 4. The summed E-state index contributed by atoms with van der Waals surface area (Å²) in [5, 5.41) is 5.44. The first-order valence-corrected chi connectivity index (χ1v) is 9.78. The van der Waals surface area contributed by atoms with E-state index in [4.69, 9.17) is 4.74 Å². The zero-order valence-electron chi connectivity index (χ0n) is 15.2. The van der Waals surface area contributed by atoms with Crippen LogP contribution in [0.1, 0.15) is 17.7 Å². The van der Waals surface area contributed by atoms with Crippen molar-refractivity contribution in [1.29, 1.82) is 0 Å². The number of para-hydroxylation sites is 1. The summed E-state index contributed by atoms with van der Waals surface area (Å²) >= 11 is 1.35. The summed E-state index contributed by atoms with van der Waals surface area (Å²) in [7, 11) is 0. The van der Waals surface area contributed by atoms with Gasteiger partial charge in [-0.3, -0.25) is 4.79 Å². The Hall–Kier alpha value is -3.19. The average Bonchev–Trinajstić information content (AvgIpc) is 3.18. The van der Waals surface area contributed by atoms with Crippen LogP contribution in [0.4, 0.5) is 0 Å². The third-order valence-corrected chi connectivity index (χ3v) is 5.41. The van der Waals surface area contributed by atoms with Crippen LogP contribution < -0.4 is 0 Å². The maximum atomic E-state index is 12.6. The van der Waals surface area contributed by atoms with Crippen LogP contribution in [0.3, 0.4) is 0 Å². The van der Waals surface area contributed by atoms with Crippen molar-refractivity contribution in [3.63, 3.8) is 0 Å². The second-order valence-electron chi connectivity index (χ2n) is 5.97. The maximum Gasteiger partial charge on any atom is 0.324 e. The molecule has 0 fully saturated rings. The van der Waals surface area contributed by atoms with E-state index in [1.807, 2.05) is 60.7 Å². The summed E-state index contributed by atoms with van der Waals surface area (Å²) < 4.78 is 7.06. The Morgan fingerprint density at radius 1 is 1.07 bits per heavy atom. The molecule has 2 heterocycles. The van der Waals surface area contributed by atoms with E-state index in [0.717, 1.165) is 16.6 Å². The number of carbonyl (C=O) groups is 1. The smallest absolute Gasteiger partial charge is 0.324 e. The minimum atomic E-state index is -0.515. The topological polar surface area (TPSA) is 69.9 Å². The lowest BCUT2D eigenvalue weighted by atomic mass is 10.1. The molecule has 0 aliphatic heterocycles. The number of carbonyl (C=O) groups excluding carboxylic acids is 1. The molecule has 0 aliphatic carbocycles. The van der Waals surface area contributed by atoms with Crippen molar-refractivity contribution in [2.24, 2.45) is 0 Å². The monoisotopic (exact) mass is 390 g/mol. The van der Waals surface area contributed by atoms with Crippen molar-refractivity contribution < 1.29 is 9.53 Å². The van der Waals surface area contributed by atoms with Crippen molar-refractivity contribution in [2.45, 2.75) is 17.2 Å². The molecule has 4 rings (SSSR count). The lowest BCUT2D eigenvalue weighted by Crippen LogP contribution is -2.13. The van der Waals surface area contributed by atoms with Gasteiger partial charge < -0.3 is 4.74 Å². The number of thioether (sulfide) groups is 1. The van der Waals surface area contributed by atoms with Crippen LogP contribution in [0.5, 0.6) is 0 Å². The second kappa shape index (κ2) is 8.22. The normalized spacial score (nSPS) is 12.0. The van der Waals surface area contributed by atoms with E-state index in [1.165, 1.54) is 18.1 Å². The van der Waals surface area contributed by atoms with Gasteiger partial charge in [0.25, 0.3) is 0 Å². The van der Waals surface area contributed by atoms with Crippen molar-refractivity contribution in [3.8, 4) is 5.69 Å². The number of esters is 1. The van der Waals surface area contributed by atoms with Gasteiger partial charge in [0.2, 0.25) is 0 Å². The van der Waals surface area contributed by atoms with Crippen LogP contribution in [-0.4, -0.2) is 32.3 Å². The lowest BCUT2D eigenvalue weighted by molar-refractivity contribution is -0.142. The Morgan fingerprint density at radius 3 is 2.50 bits per heavy atom. The Kier molecular flexibility index (Phi) is 5.34. The van der Waals surface area contributed by atoms with Crippen molar-refractivity contribution in [2.75, 3.05) is 6.61 Å². The molecule has 2 aromatic carbocycles. The summed E-state index contributed by atoms with van der Waals surface area (Å²) in [5.41, 5.74) is 2.48. The Morgan fingerprint density at radius 2 is 1.79 bits per heavy atom. The van der Waals surface area contributed by atoms with Crippen LogP contribution >= 0.6 is 11.8 Å². The molecule has 28 heavy (non-hydrogen) atoms. The van der Waals surface area contributed by atoms with E-state index < -0.39 is 5.25 Å². The highest BCUT2D eigenvalue weighted by atomic mass is 32.2. The average molecular weight is 390 g/mol. The van der Waals surface area contributed by atoms with Crippen LogP contribution in [0.2, 0.25) is 0 Å². The van der Waals surface area contributed by atoms with Gasteiger partial charge in [-0.05, 0) is 24.6 Å². The molecule has 0 spiro atoms. The van der Waals surface area contributed by atoms with Gasteiger partial charge in [0.05, 0.1) is 23.9 Å². The number of fused-ring (bicyclic) bond motifs is 1. The predicted molar refractivity (Wildman–Crippen MR) is 108 cm³/mol. The van der Waals surface area contributed by atoms with Gasteiger partial charge in [0.1, 0.15) is 16.6 Å². The third-order valence-electron chi connectivity index (χ3n) is 4.16. The van der Waals surface area contributed by atoms with Gasteiger partial charge in [0.15, 0.2) is 5.65 Å². The number of rotatable bonds is 6. The predicted octanol–water partition coefficient (Wildman–Crippen LogP) is 4.21. The van der Waals surface area contributed by atoms with E-state index in [-0.39, 0.29) is 5.97 Å². The fraction of sp³-hybridized carbons (Fsp3) is 0.143. The van der Waals surface area contributed by atoms with Crippen molar-refractivity contribution in [3.05, 3.63) is 78.8 Å². The van der Waals surface area contributed by atoms with Crippen LogP contribution in [0.15, 0.2) is 78.2 Å². The second-order valence-corrected chi connectivity index (χ2v) is 7.06. The number of ether oxygens (including phenoxy) is 1. The molecule has 4 aromatic rings. The van der Waals surface area contributed by atoms with Gasteiger partial charge in [-0.25, -0.2) is 14.6 Å². The molecular formula is C21H18N4O2S. The Bertz CT molecular complexity index is 1080. The molecule has 0 saturated heterocycles. The Labute approximate surface area is 166 Å². The van der Waals surface area contributed by atoms with E-state index >= 15 is 0 Å². The number of nitrogens with zero attached hydrogens (tertiary/aromatic N) is 4. The Balaban J connectivity index is 1.74. The molecule has 6 nitrogen and oxygen atoms in total. The molecule has 0 saturated carbocycles. The highest BCUT2D eigenvalue weighted by molar-refractivity contribution is 8.00. The van der Waals surface area contributed by atoms with Crippen molar-refractivity contribution in [1.82, 2.24) is 19.7 Å². The molecule has 2 aromatic heterocycles. The number of benzene rings is 2. The van der Waals surface area contributed by atoms with Gasteiger partial charge in [0, 0.05) is 0 Å². The van der Waals surface area contributed by atoms with E-state index in [2.05, 4.69) is 15.1 Å². The quantitative estimate of drug-likeness (QED) is 0.279. The molecule has 0 amide bonds. The number of hydrogen-bond acceptors (Lipinski definition) is 6. The van der Waals surface area contributed by atoms with Crippen LogP contribution in [0.25, 0.3) is 16.7 Å². The summed E-state index contributed by atoms with van der Waals surface area (Å²) in [6, 6.07) is 19.4. The zero-order valence-corrected chi connectivity index (χ0v) is 16.0. The molecule has 0 radical (unpaired) electrons. The fourth-order valence-electron chi connectivity index (χ4n) is 2.88. The zero-order chi connectivity index (χ0) is 19.3. The summed E-state index contributed by atoms with van der Waals surface area (Å²) in [6.45, 7) is 2.13. The largest absolute Gasteiger partial charge is 0.465 e. The third kappa shape index (κ3) is 3.61. The molecule has 0 aliphatic rings. The first kappa shape index (κ1) is 18.2. The van der Waals surface area contributed by atoms with Gasteiger partial charge in [-0.1, -0.05) is 60.3 Å². The summed E-state index contributed by atoms with van der Waals surface area (Å²) in [5.74, 6) is -0.291. The molecule has 0 N–H and O–H groups in total. The maximum absolute atomic E-state index is 12.6. The standard InChI is InChI=1S/C21H18N4O2S/c1-2-27-21(26)18(15-9-5-3-6-10-15)28-20-17-13-24-25(19(17)22-14-23-20)16-11-7-4-8-12-16/h3-14,18H,2H2,1H3/t18-/m0/s1. The van der Waals surface area contributed by atoms with E-state index in [9.17, 15) is 4.79 Å². The molecule has 0 bridgehead atoms. The minimum Gasteiger partial charge on any atom is -0.465 e. The van der Waals surface area contributed by atoms with Gasteiger partial charge >= 0.3 is 5.97 Å².